The number of rotatable bonds is 3. The molecule has 0 aliphatic carbocycles. The summed E-state index contributed by atoms with van der Waals surface area (Å²) >= 11 is 1.37. The second-order valence-corrected chi connectivity index (χ2v) is 8.51. The zero-order valence-electron chi connectivity index (χ0n) is 16.3. The number of amides is 1. The Balaban J connectivity index is 1.57. The molecule has 1 fully saturated rings. The molecule has 0 bridgehead atoms. The number of aromatic nitrogens is 4. The summed E-state index contributed by atoms with van der Waals surface area (Å²) in [5.74, 6) is 0.515. The van der Waals surface area contributed by atoms with E-state index in [0.29, 0.717) is 23.0 Å². The van der Waals surface area contributed by atoms with E-state index in [0.717, 1.165) is 34.9 Å². The quantitative estimate of drug-likeness (QED) is 0.645. The first-order valence-electron chi connectivity index (χ1n) is 9.49. The highest BCUT2D eigenvalue weighted by Crippen LogP contribution is 2.28. The van der Waals surface area contributed by atoms with E-state index in [1.165, 1.54) is 23.7 Å². The van der Waals surface area contributed by atoms with Crippen LogP contribution in [0.15, 0.2) is 23.4 Å². The summed E-state index contributed by atoms with van der Waals surface area (Å²) in [5.41, 5.74) is 3.89. The lowest BCUT2D eigenvalue weighted by Crippen LogP contribution is -2.48. The van der Waals surface area contributed by atoms with Crippen molar-refractivity contribution in [1.29, 1.82) is 0 Å². The Labute approximate surface area is 163 Å². The molecule has 0 unspecified atom stereocenters. The Bertz CT molecular complexity index is 1000. The fourth-order valence-corrected chi connectivity index (χ4v) is 4.78. The van der Waals surface area contributed by atoms with Crippen molar-refractivity contribution in [3.05, 3.63) is 23.8 Å². The Morgan fingerprint density at radius 3 is 2.70 bits per heavy atom. The summed E-state index contributed by atoms with van der Waals surface area (Å²) in [5, 5.41) is 10.3. The molecule has 3 heterocycles. The maximum absolute atomic E-state index is 12.7. The second-order valence-electron chi connectivity index (χ2n) is 7.56. The molecule has 0 saturated carbocycles. The van der Waals surface area contributed by atoms with Crippen LogP contribution in [0.4, 0.5) is 0 Å². The highest BCUT2D eigenvalue weighted by atomic mass is 32.2. The third-order valence-electron chi connectivity index (χ3n) is 5.54. The number of likely N-dealkylation sites (tertiary alicyclic amines) is 1. The molecule has 2 aromatic heterocycles. The average molecular weight is 384 g/mol. The molecule has 6 nitrogen and oxygen atoms in total. The molecule has 0 radical (unpaired) electrons. The van der Waals surface area contributed by atoms with Gasteiger partial charge in [0.25, 0.3) is 0 Å². The molecule has 0 spiro atoms. The standard InChI is InChI=1S/C20H25N5OS/c1-12-8-9-16-15(10-12)18-19(24(16)4)21-20(23-22-18)27-11-17(26)25-13(2)6-5-7-14(25)3/h8-10,13-14H,5-7,11H2,1-4H3/t13-,14-/m1/s1. The molecule has 1 aliphatic heterocycles. The third-order valence-corrected chi connectivity index (χ3v) is 6.36. The number of hydrogen-bond donors (Lipinski definition) is 0. The molecule has 7 heteroatoms. The normalized spacial score (nSPS) is 20.5. The van der Waals surface area contributed by atoms with Crippen LogP contribution in [-0.2, 0) is 11.8 Å². The van der Waals surface area contributed by atoms with E-state index in [1.807, 2.05) is 16.5 Å². The number of thioether (sulfide) groups is 1. The van der Waals surface area contributed by atoms with Crippen molar-refractivity contribution in [3.8, 4) is 0 Å². The molecular weight excluding hydrogens is 358 g/mol. The monoisotopic (exact) mass is 383 g/mol. The van der Waals surface area contributed by atoms with Gasteiger partial charge >= 0.3 is 0 Å². The van der Waals surface area contributed by atoms with Gasteiger partial charge in [-0.1, -0.05) is 23.4 Å². The van der Waals surface area contributed by atoms with E-state index >= 15 is 0 Å². The lowest BCUT2D eigenvalue weighted by atomic mass is 9.98. The van der Waals surface area contributed by atoms with E-state index in [-0.39, 0.29) is 5.91 Å². The summed E-state index contributed by atoms with van der Waals surface area (Å²) in [6.45, 7) is 6.34. The van der Waals surface area contributed by atoms with E-state index in [2.05, 4.69) is 54.2 Å². The van der Waals surface area contributed by atoms with E-state index in [9.17, 15) is 4.79 Å². The van der Waals surface area contributed by atoms with Gasteiger partial charge in [-0.15, -0.1) is 10.2 Å². The molecule has 3 aromatic rings. The van der Waals surface area contributed by atoms with Crippen LogP contribution in [0.25, 0.3) is 22.1 Å². The SMILES string of the molecule is Cc1ccc2c(c1)c1nnc(SCC(=O)N3[C@H](C)CCC[C@H]3C)nc1n2C. The number of benzene rings is 1. The van der Waals surface area contributed by atoms with Crippen LogP contribution in [0.1, 0.15) is 38.7 Å². The first kappa shape index (κ1) is 18.2. The first-order chi connectivity index (χ1) is 13.0. The predicted octanol–water partition coefficient (Wildman–Crippen LogP) is 3.71. The summed E-state index contributed by atoms with van der Waals surface area (Å²) < 4.78 is 2.04. The average Bonchev–Trinajstić information content (AvgIpc) is 2.91. The Hall–Kier alpha value is -2.15. The number of hydrogen-bond acceptors (Lipinski definition) is 5. The van der Waals surface area contributed by atoms with Crippen molar-refractivity contribution in [2.75, 3.05) is 5.75 Å². The van der Waals surface area contributed by atoms with Crippen LogP contribution in [0, 0.1) is 6.92 Å². The van der Waals surface area contributed by atoms with Crippen molar-refractivity contribution in [1.82, 2.24) is 24.6 Å². The summed E-state index contributed by atoms with van der Waals surface area (Å²) in [6.07, 6.45) is 3.36. The number of nitrogens with zero attached hydrogens (tertiary/aromatic N) is 5. The highest BCUT2D eigenvalue weighted by Gasteiger charge is 2.28. The molecule has 0 N–H and O–H groups in total. The number of carbonyl (C=O) groups is 1. The van der Waals surface area contributed by atoms with Gasteiger partial charge in [-0.25, -0.2) is 4.98 Å². The molecule has 1 aromatic carbocycles. The third kappa shape index (κ3) is 3.29. The maximum Gasteiger partial charge on any atom is 0.233 e. The largest absolute Gasteiger partial charge is 0.337 e. The van der Waals surface area contributed by atoms with Crippen LogP contribution in [0.3, 0.4) is 0 Å². The minimum absolute atomic E-state index is 0.163. The number of carbonyl (C=O) groups excluding carboxylic acids is 1. The molecule has 2 atom stereocenters. The summed E-state index contributed by atoms with van der Waals surface area (Å²) in [6, 6.07) is 6.91. The topological polar surface area (TPSA) is 63.9 Å². The second kappa shape index (κ2) is 7.11. The van der Waals surface area contributed by atoms with Crippen LogP contribution >= 0.6 is 11.8 Å². The van der Waals surface area contributed by atoms with Gasteiger partial charge in [0.2, 0.25) is 11.1 Å². The Morgan fingerprint density at radius 2 is 1.96 bits per heavy atom. The van der Waals surface area contributed by atoms with Gasteiger partial charge < -0.3 is 9.47 Å². The molecule has 1 aliphatic rings. The number of aryl methyl sites for hydroxylation is 2. The Kier molecular flexibility index (Phi) is 4.80. The molecule has 1 saturated heterocycles. The van der Waals surface area contributed by atoms with Gasteiger partial charge in [0.15, 0.2) is 5.65 Å². The lowest BCUT2D eigenvalue weighted by molar-refractivity contribution is -0.134. The zero-order chi connectivity index (χ0) is 19.1. The fraction of sp³-hybridized carbons (Fsp3) is 0.500. The zero-order valence-corrected chi connectivity index (χ0v) is 17.1. The minimum Gasteiger partial charge on any atom is -0.337 e. The molecule has 1 amide bonds. The summed E-state index contributed by atoms with van der Waals surface area (Å²) in [7, 11) is 1.99. The van der Waals surface area contributed by atoms with Crippen LogP contribution in [0.5, 0.6) is 0 Å². The van der Waals surface area contributed by atoms with Crippen molar-refractivity contribution in [2.24, 2.45) is 7.05 Å². The molecule has 27 heavy (non-hydrogen) atoms. The molecular formula is C20H25N5OS. The lowest BCUT2D eigenvalue weighted by Gasteiger charge is -2.39. The molecule has 142 valence electrons. The van der Waals surface area contributed by atoms with Gasteiger partial charge in [-0.3, -0.25) is 4.79 Å². The smallest absolute Gasteiger partial charge is 0.233 e. The van der Waals surface area contributed by atoms with E-state index < -0.39 is 0 Å². The minimum atomic E-state index is 0.163. The summed E-state index contributed by atoms with van der Waals surface area (Å²) in [4.78, 5) is 19.4. The Morgan fingerprint density at radius 1 is 1.22 bits per heavy atom. The number of fused-ring (bicyclic) bond motifs is 3. The fourth-order valence-electron chi connectivity index (χ4n) is 4.13. The van der Waals surface area contributed by atoms with Crippen LogP contribution in [-0.4, -0.2) is 48.4 Å². The number of piperidine rings is 1. The van der Waals surface area contributed by atoms with E-state index in [4.69, 9.17) is 0 Å². The van der Waals surface area contributed by atoms with Crippen molar-refractivity contribution in [2.45, 2.75) is 57.3 Å². The van der Waals surface area contributed by atoms with Crippen molar-refractivity contribution < 1.29 is 4.79 Å². The molecule has 4 rings (SSSR count). The highest BCUT2D eigenvalue weighted by molar-refractivity contribution is 7.99. The first-order valence-corrected chi connectivity index (χ1v) is 10.5. The van der Waals surface area contributed by atoms with E-state index in [1.54, 1.807) is 0 Å². The predicted molar refractivity (Wildman–Crippen MR) is 109 cm³/mol. The van der Waals surface area contributed by atoms with Crippen LogP contribution in [0.2, 0.25) is 0 Å². The van der Waals surface area contributed by atoms with Gasteiger partial charge in [0, 0.05) is 24.5 Å². The van der Waals surface area contributed by atoms with Crippen molar-refractivity contribution in [3.63, 3.8) is 0 Å². The van der Waals surface area contributed by atoms with Gasteiger partial charge in [0.05, 0.1) is 11.3 Å². The maximum atomic E-state index is 12.7. The van der Waals surface area contributed by atoms with Gasteiger partial charge in [-0.05, 0) is 52.2 Å². The van der Waals surface area contributed by atoms with Crippen molar-refractivity contribution >= 4 is 39.7 Å². The van der Waals surface area contributed by atoms with Gasteiger partial charge in [-0.2, -0.15) is 0 Å². The van der Waals surface area contributed by atoms with Crippen LogP contribution < -0.4 is 0 Å². The van der Waals surface area contributed by atoms with Gasteiger partial charge in [0.1, 0.15) is 5.52 Å².